The van der Waals surface area contributed by atoms with Gasteiger partial charge in [-0.1, -0.05) is 12.1 Å². The summed E-state index contributed by atoms with van der Waals surface area (Å²) in [7, 11) is 0. The van der Waals surface area contributed by atoms with Gasteiger partial charge in [0, 0.05) is 5.56 Å². The smallest absolute Gasteiger partial charge is 0.181 e. The zero-order valence-electron chi connectivity index (χ0n) is 14.2. The summed E-state index contributed by atoms with van der Waals surface area (Å²) >= 11 is 0. The molecule has 1 aromatic heterocycles. The van der Waals surface area contributed by atoms with Gasteiger partial charge in [-0.3, -0.25) is 5.10 Å². The molecule has 0 bridgehead atoms. The number of nitrogens with zero attached hydrogens (tertiary/aromatic N) is 2. The van der Waals surface area contributed by atoms with E-state index in [-0.39, 0.29) is 5.82 Å². The number of aromatic nitrogens is 3. The zero-order chi connectivity index (χ0) is 18.3. The summed E-state index contributed by atoms with van der Waals surface area (Å²) in [5.74, 6) is 0.722. The van der Waals surface area contributed by atoms with Crippen molar-refractivity contribution >= 4 is 0 Å². The van der Waals surface area contributed by atoms with Gasteiger partial charge in [-0.2, -0.15) is 5.10 Å². The van der Waals surface area contributed by atoms with Crippen LogP contribution in [0.25, 0.3) is 11.4 Å². The number of rotatable bonds is 3. The van der Waals surface area contributed by atoms with Gasteiger partial charge < -0.3 is 25.2 Å². The van der Waals surface area contributed by atoms with Gasteiger partial charge in [0.05, 0.1) is 6.61 Å². The highest BCUT2D eigenvalue weighted by Crippen LogP contribution is 2.32. The van der Waals surface area contributed by atoms with E-state index in [1.165, 1.54) is 24.0 Å². The van der Waals surface area contributed by atoms with Crippen LogP contribution in [0.1, 0.15) is 35.9 Å². The summed E-state index contributed by atoms with van der Waals surface area (Å²) in [6, 6.07) is 6.17. The van der Waals surface area contributed by atoms with Crippen molar-refractivity contribution in [3.8, 4) is 11.4 Å². The summed E-state index contributed by atoms with van der Waals surface area (Å²) in [5, 5.41) is 46.3. The number of ether oxygens (including phenoxy) is 1. The van der Waals surface area contributed by atoms with Crippen LogP contribution in [-0.4, -0.2) is 66.6 Å². The van der Waals surface area contributed by atoms with E-state index in [0.717, 1.165) is 18.4 Å². The molecule has 0 spiro atoms. The summed E-state index contributed by atoms with van der Waals surface area (Å²) in [5.41, 5.74) is 3.55. The number of benzene rings is 1. The Balaban J connectivity index is 1.60. The highest BCUT2D eigenvalue weighted by Gasteiger charge is 2.45. The average Bonchev–Trinajstić information content (AvgIpc) is 3.16. The first kappa shape index (κ1) is 17.6. The third-order valence-corrected chi connectivity index (χ3v) is 5.27. The van der Waals surface area contributed by atoms with Crippen molar-refractivity contribution in [1.29, 1.82) is 0 Å². The van der Waals surface area contributed by atoms with Crippen molar-refractivity contribution in [3.05, 3.63) is 35.2 Å². The van der Waals surface area contributed by atoms with Gasteiger partial charge in [0.15, 0.2) is 11.6 Å². The second-order valence-electron chi connectivity index (χ2n) is 6.98. The van der Waals surface area contributed by atoms with Crippen LogP contribution in [0.5, 0.6) is 0 Å². The van der Waals surface area contributed by atoms with Gasteiger partial charge in [0.25, 0.3) is 0 Å². The van der Waals surface area contributed by atoms with Crippen molar-refractivity contribution in [2.45, 2.75) is 56.2 Å². The normalized spacial score (nSPS) is 31.6. The number of aliphatic hydroxyl groups is 4. The molecule has 2 aromatic rings. The first-order valence-corrected chi connectivity index (χ1v) is 8.93. The van der Waals surface area contributed by atoms with Crippen LogP contribution in [-0.2, 0) is 17.6 Å². The van der Waals surface area contributed by atoms with Gasteiger partial charge in [-0.15, -0.1) is 0 Å². The van der Waals surface area contributed by atoms with E-state index in [1.807, 2.05) is 6.07 Å². The first-order chi connectivity index (χ1) is 12.6. The molecule has 0 saturated carbocycles. The zero-order valence-corrected chi connectivity index (χ0v) is 14.2. The highest BCUT2D eigenvalue weighted by molar-refractivity contribution is 5.57. The standard InChI is InChI=1S/C18H23N3O5/c22-8-12-13(23)14(24)15(25)16(26-12)18-19-17(20-21-18)11-6-5-9-3-1-2-4-10(9)7-11/h5-7,12-16,22-25H,1-4,8H2,(H,19,20,21)/t12-,13-,14+,15-,16-/m1/s1. The SMILES string of the molecule is OC[C@H]1O[C@@H](c2nc(-c3ccc4c(c3)CCCC4)n[nH]2)[C@H](O)[C@@H](O)[C@@H]1O. The van der Waals surface area contributed by atoms with Gasteiger partial charge in [-0.25, -0.2) is 4.98 Å². The van der Waals surface area contributed by atoms with Crippen LogP contribution < -0.4 is 0 Å². The predicted octanol–water partition coefficient (Wildman–Crippen LogP) is -0.135. The molecule has 8 nitrogen and oxygen atoms in total. The highest BCUT2D eigenvalue weighted by atomic mass is 16.5. The van der Waals surface area contributed by atoms with Crippen LogP contribution >= 0.6 is 0 Å². The van der Waals surface area contributed by atoms with Crippen molar-refractivity contribution in [2.24, 2.45) is 0 Å². The third kappa shape index (κ3) is 3.04. The number of fused-ring (bicyclic) bond motifs is 1. The van der Waals surface area contributed by atoms with Crippen LogP contribution in [0.3, 0.4) is 0 Å². The first-order valence-electron chi connectivity index (χ1n) is 8.93. The maximum absolute atomic E-state index is 10.2. The van der Waals surface area contributed by atoms with Crippen molar-refractivity contribution in [3.63, 3.8) is 0 Å². The molecule has 1 aromatic carbocycles. The Bertz CT molecular complexity index is 778. The average molecular weight is 361 g/mol. The molecule has 8 heteroatoms. The van der Waals surface area contributed by atoms with Crippen molar-refractivity contribution in [1.82, 2.24) is 15.2 Å². The number of hydrogen-bond donors (Lipinski definition) is 5. The van der Waals surface area contributed by atoms with Crippen LogP contribution in [0.15, 0.2) is 18.2 Å². The molecule has 1 fully saturated rings. The van der Waals surface area contributed by atoms with Gasteiger partial charge >= 0.3 is 0 Å². The molecule has 26 heavy (non-hydrogen) atoms. The number of aryl methyl sites for hydroxylation is 2. The fourth-order valence-electron chi connectivity index (χ4n) is 3.73. The van der Waals surface area contributed by atoms with E-state index in [1.54, 1.807) is 0 Å². The molecule has 2 aliphatic rings. The Morgan fingerprint density at radius 1 is 1.04 bits per heavy atom. The lowest BCUT2D eigenvalue weighted by Gasteiger charge is -2.38. The lowest BCUT2D eigenvalue weighted by atomic mass is 9.90. The van der Waals surface area contributed by atoms with Crippen molar-refractivity contribution in [2.75, 3.05) is 6.61 Å². The summed E-state index contributed by atoms with van der Waals surface area (Å²) in [4.78, 5) is 4.41. The topological polar surface area (TPSA) is 132 Å². The largest absolute Gasteiger partial charge is 0.394 e. The lowest BCUT2D eigenvalue weighted by Crippen LogP contribution is -2.55. The molecule has 1 saturated heterocycles. The monoisotopic (exact) mass is 361 g/mol. The second-order valence-corrected chi connectivity index (χ2v) is 6.98. The van der Waals surface area contributed by atoms with E-state index < -0.39 is 37.1 Å². The molecule has 0 radical (unpaired) electrons. The van der Waals surface area contributed by atoms with E-state index in [2.05, 4.69) is 27.3 Å². The molecule has 140 valence electrons. The minimum Gasteiger partial charge on any atom is -0.394 e. The number of aromatic amines is 1. The quantitative estimate of drug-likeness (QED) is 0.514. The summed E-state index contributed by atoms with van der Waals surface area (Å²) < 4.78 is 5.51. The van der Waals surface area contributed by atoms with E-state index in [0.29, 0.717) is 5.82 Å². The number of nitrogens with one attached hydrogen (secondary N) is 1. The predicted molar refractivity (Wildman–Crippen MR) is 91.2 cm³/mol. The molecule has 5 atom stereocenters. The lowest BCUT2D eigenvalue weighted by molar-refractivity contribution is -0.233. The number of aliphatic hydroxyl groups excluding tert-OH is 4. The molecule has 2 heterocycles. The van der Waals surface area contributed by atoms with E-state index in [4.69, 9.17) is 4.74 Å². The molecule has 0 amide bonds. The molecular weight excluding hydrogens is 338 g/mol. The van der Waals surface area contributed by atoms with Gasteiger partial charge in [-0.05, 0) is 42.9 Å². The van der Waals surface area contributed by atoms with Crippen LogP contribution in [0.4, 0.5) is 0 Å². The minimum absolute atomic E-state index is 0.245. The number of H-pyrrole nitrogens is 1. The maximum atomic E-state index is 10.2. The van der Waals surface area contributed by atoms with E-state index in [9.17, 15) is 20.4 Å². The summed E-state index contributed by atoms with van der Waals surface area (Å²) in [6.07, 6.45) is -1.66. The Morgan fingerprint density at radius 3 is 2.58 bits per heavy atom. The van der Waals surface area contributed by atoms with Crippen molar-refractivity contribution < 1.29 is 25.2 Å². The number of hydrogen-bond acceptors (Lipinski definition) is 7. The maximum Gasteiger partial charge on any atom is 0.181 e. The van der Waals surface area contributed by atoms with Gasteiger partial charge in [0.1, 0.15) is 30.5 Å². The molecular formula is C18H23N3O5. The fourth-order valence-corrected chi connectivity index (χ4v) is 3.73. The van der Waals surface area contributed by atoms with Gasteiger partial charge in [0.2, 0.25) is 0 Å². The third-order valence-electron chi connectivity index (χ3n) is 5.27. The summed E-state index contributed by atoms with van der Waals surface area (Å²) in [6.45, 7) is -0.479. The Morgan fingerprint density at radius 2 is 1.81 bits per heavy atom. The molecule has 4 rings (SSSR count). The van der Waals surface area contributed by atoms with E-state index >= 15 is 0 Å². The molecule has 0 unspecified atom stereocenters. The molecule has 1 aliphatic carbocycles. The minimum atomic E-state index is -1.44. The Hall–Kier alpha value is -1.84. The fraction of sp³-hybridized carbons (Fsp3) is 0.556. The second kappa shape index (κ2) is 7.05. The Kier molecular flexibility index (Phi) is 4.76. The molecule has 1 aliphatic heterocycles. The van der Waals surface area contributed by atoms with Crippen LogP contribution in [0, 0.1) is 0 Å². The van der Waals surface area contributed by atoms with Crippen LogP contribution in [0.2, 0.25) is 0 Å². The Labute approximate surface area is 150 Å². The molecule has 5 N–H and O–H groups in total.